The van der Waals surface area contributed by atoms with E-state index in [9.17, 15) is 0 Å². The van der Waals surface area contributed by atoms with Crippen molar-refractivity contribution < 1.29 is 0 Å². The van der Waals surface area contributed by atoms with Crippen molar-refractivity contribution in [3.8, 4) is 0 Å². The Morgan fingerprint density at radius 3 is 3.13 bits per heavy atom. The fourth-order valence-corrected chi connectivity index (χ4v) is 1.89. The van der Waals surface area contributed by atoms with E-state index in [2.05, 4.69) is 39.2 Å². The number of rotatable bonds is 3. The topological polar surface area (TPSA) is 56.8 Å². The van der Waals surface area contributed by atoms with Gasteiger partial charge in [-0.15, -0.1) is 5.10 Å². The van der Waals surface area contributed by atoms with E-state index >= 15 is 0 Å². The van der Waals surface area contributed by atoms with Crippen LogP contribution in [0.1, 0.15) is 26.1 Å². The van der Waals surface area contributed by atoms with Crippen molar-refractivity contribution in [3.63, 3.8) is 0 Å². The molecule has 1 aliphatic heterocycles. The van der Waals surface area contributed by atoms with E-state index in [1.807, 2.05) is 0 Å². The maximum Gasteiger partial charge on any atom is 0.244 e. The molecular formula is C10H19N5. The van der Waals surface area contributed by atoms with Crippen molar-refractivity contribution in [1.82, 2.24) is 20.5 Å². The lowest BCUT2D eigenvalue weighted by molar-refractivity contribution is 0.479. The van der Waals surface area contributed by atoms with Crippen LogP contribution in [0.4, 0.5) is 5.95 Å². The van der Waals surface area contributed by atoms with Crippen LogP contribution in [-0.4, -0.2) is 40.9 Å². The molecule has 0 aromatic carbocycles. The molecule has 0 spiro atoms. The third-order valence-corrected chi connectivity index (χ3v) is 2.66. The zero-order valence-corrected chi connectivity index (χ0v) is 9.45. The smallest absolute Gasteiger partial charge is 0.244 e. The van der Waals surface area contributed by atoms with Crippen molar-refractivity contribution >= 4 is 5.95 Å². The van der Waals surface area contributed by atoms with Crippen LogP contribution in [0.2, 0.25) is 0 Å². The largest absolute Gasteiger partial charge is 0.337 e. The van der Waals surface area contributed by atoms with Crippen molar-refractivity contribution in [2.75, 3.05) is 24.5 Å². The molecule has 0 aliphatic carbocycles. The van der Waals surface area contributed by atoms with E-state index < -0.39 is 0 Å². The van der Waals surface area contributed by atoms with E-state index in [4.69, 9.17) is 0 Å². The van der Waals surface area contributed by atoms with Crippen molar-refractivity contribution in [1.29, 1.82) is 0 Å². The van der Waals surface area contributed by atoms with Gasteiger partial charge in [-0.1, -0.05) is 6.92 Å². The van der Waals surface area contributed by atoms with Gasteiger partial charge in [-0.05, 0) is 13.3 Å². The van der Waals surface area contributed by atoms with Gasteiger partial charge in [0.25, 0.3) is 0 Å². The second kappa shape index (κ2) is 4.61. The lowest BCUT2D eigenvalue weighted by atomic mass is 10.2. The highest BCUT2D eigenvalue weighted by Gasteiger charge is 2.18. The van der Waals surface area contributed by atoms with Crippen LogP contribution in [0.3, 0.4) is 0 Å². The van der Waals surface area contributed by atoms with Crippen LogP contribution in [0.15, 0.2) is 0 Å². The summed E-state index contributed by atoms with van der Waals surface area (Å²) < 4.78 is 0. The summed E-state index contributed by atoms with van der Waals surface area (Å²) in [5.41, 5.74) is 0. The van der Waals surface area contributed by atoms with Gasteiger partial charge in [0.05, 0.1) is 0 Å². The molecule has 0 bridgehead atoms. The maximum absolute atomic E-state index is 4.49. The molecule has 1 aromatic rings. The molecule has 5 heteroatoms. The summed E-state index contributed by atoms with van der Waals surface area (Å²) in [4.78, 5) is 6.72. The Labute approximate surface area is 90.3 Å². The number of piperazine rings is 1. The van der Waals surface area contributed by atoms with Crippen LogP contribution in [-0.2, 0) is 6.42 Å². The van der Waals surface area contributed by atoms with Gasteiger partial charge in [0, 0.05) is 32.1 Å². The second-order valence-corrected chi connectivity index (χ2v) is 4.13. The minimum absolute atomic E-state index is 0.520. The minimum Gasteiger partial charge on any atom is -0.337 e. The molecule has 2 rings (SSSR count). The van der Waals surface area contributed by atoms with E-state index in [1.165, 1.54) is 0 Å². The van der Waals surface area contributed by atoms with Gasteiger partial charge in [0.1, 0.15) is 5.82 Å². The highest BCUT2D eigenvalue weighted by atomic mass is 15.4. The molecule has 1 saturated heterocycles. The zero-order valence-electron chi connectivity index (χ0n) is 9.45. The van der Waals surface area contributed by atoms with Crippen LogP contribution in [0, 0.1) is 0 Å². The highest BCUT2D eigenvalue weighted by Crippen LogP contribution is 2.10. The Hall–Kier alpha value is -1.10. The lowest BCUT2D eigenvalue weighted by Crippen LogP contribution is -2.49. The molecule has 1 fully saturated rings. The molecular weight excluding hydrogens is 190 g/mol. The predicted molar refractivity (Wildman–Crippen MR) is 60.1 cm³/mol. The first-order chi connectivity index (χ1) is 7.29. The van der Waals surface area contributed by atoms with Gasteiger partial charge >= 0.3 is 0 Å². The van der Waals surface area contributed by atoms with E-state index in [0.717, 1.165) is 44.2 Å². The first kappa shape index (κ1) is 10.4. The quantitative estimate of drug-likeness (QED) is 0.763. The van der Waals surface area contributed by atoms with Crippen LogP contribution >= 0.6 is 0 Å². The fraction of sp³-hybridized carbons (Fsp3) is 0.800. The first-order valence-corrected chi connectivity index (χ1v) is 5.69. The number of aromatic amines is 1. The summed E-state index contributed by atoms with van der Waals surface area (Å²) in [7, 11) is 0. The van der Waals surface area contributed by atoms with Crippen LogP contribution in [0.25, 0.3) is 0 Å². The lowest BCUT2D eigenvalue weighted by Gasteiger charge is -2.30. The highest BCUT2D eigenvalue weighted by molar-refractivity contribution is 5.30. The van der Waals surface area contributed by atoms with Crippen molar-refractivity contribution in [2.45, 2.75) is 32.7 Å². The Kier molecular flexibility index (Phi) is 3.20. The third-order valence-electron chi connectivity index (χ3n) is 2.66. The molecule has 0 radical (unpaired) electrons. The summed E-state index contributed by atoms with van der Waals surface area (Å²) in [6, 6.07) is 0.520. The van der Waals surface area contributed by atoms with Gasteiger partial charge < -0.3 is 10.2 Å². The Morgan fingerprint density at radius 1 is 1.53 bits per heavy atom. The number of hydrogen-bond acceptors (Lipinski definition) is 4. The Bertz CT molecular complexity index is 309. The molecule has 1 aromatic heterocycles. The molecule has 2 N–H and O–H groups in total. The molecule has 84 valence electrons. The number of H-pyrrole nitrogens is 1. The number of hydrogen-bond donors (Lipinski definition) is 2. The SMILES string of the molecule is CCCc1nc(N2CCN[C@H](C)C2)n[nH]1. The average molecular weight is 209 g/mol. The summed E-state index contributed by atoms with van der Waals surface area (Å²) in [6.45, 7) is 7.33. The molecule has 15 heavy (non-hydrogen) atoms. The summed E-state index contributed by atoms with van der Waals surface area (Å²) in [6.07, 6.45) is 2.08. The molecule has 0 unspecified atom stereocenters. The molecule has 1 atom stereocenters. The maximum atomic E-state index is 4.49. The van der Waals surface area contributed by atoms with E-state index in [0.29, 0.717) is 6.04 Å². The number of nitrogens with one attached hydrogen (secondary N) is 2. The number of anilines is 1. The third kappa shape index (κ3) is 2.47. The summed E-state index contributed by atoms with van der Waals surface area (Å²) >= 11 is 0. The number of aryl methyl sites for hydroxylation is 1. The summed E-state index contributed by atoms with van der Waals surface area (Å²) in [5.74, 6) is 1.85. The van der Waals surface area contributed by atoms with E-state index in [1.54, 1.807) is 0 Å². The van der Waals surface area contributed by atoms with Crippen LogP contribution in [0.5, 0.6) is 0 Å². The van der Waals surface area contributed by atoms with Gasteiger partial charge in [-0.25, -0.2) is 0 Å². The zero-order chi connectivity index (χ0) is 10.7. The van der Waals surface area contributed by atoms with Gasteiger partial charge in [-0.3, -0.25) is 5.10 Å². The molecule has 0 amide bonds. The van der Waals surface area contributed by atoms with Crippen molar-refractivity contribution in [3.05, 3.63) is 5.82 Å². The monoisotopic (exact) mass is 209 g/mol. The predicted octanol–water partition coefficient (Wildman–Crippen LogP) is 0.555. The Morgan fingerprint density at radius 2 is 2.40 bits per heavy atom. The second-order valence-electron chi connectivity index (χ2n) is 4.13. The normalized spacial score (nSPS) is 22.0. The van der Waals surface area contributed by atoms with Gasteiger partial charge in [0.15, 0.2) is 0 Å². The molecule has 5 nitrogen and oxygen atoms in total. The average Bonchev–Trinajstić information content (AvgIpc) is 2.67. The fourth-order valence-electron chi connectivity index (χ4n) is 1.89. The van der Waals surface area contributed by atoms with E-state index in [-0.39, 0.29) is 0 Å². The molecule has 1 aliphatic rings. The standard InChI is InChI=1S/C10H19N5/c1-3-4-9-12-10(14-13-9)15-6-5-11-8(2)7-15/h8,11H,3-7H2,1-2H3,(H,12,13,14)/t8-/m1/s1. The minimum atomic E-state index is 0.520. The van der Waals surface area contributed by atoms with Gasteiger partial charge in [0.2, 0.25) is 5.95 Å². The Balaban J connectivity index is 2.01. The molecule has 2 heterocycles. The number of aromatic nitrogens is 3. The van der Waals surface area contributed by atoms with Crippen molar-refractivity contribution in [2.24, 2.45) is 0 Å². The number of nitrogens with zero attached hydrogens (tertiary/aromatic N) is 3. The summed E-state index contributed by atoms with van der Waals surface area (Å²) in [5, 5.41) is 10.7. The van der Waals surface area contributed by atoms with Gasteiger partial charge in [-0.2, -0.15) is 4.98 Å². The first-order valence-electron chi connectivity index (χ1n) is 5.69. The van der Waals surface area contributed by atoms with Crippen LogP contribution < -0.4 is 10.2 Å². The molecule has 0 saturated carbocycles.